The fourth-order valence-electron chi connectivity index (χ4n) is 2.25. The van der Waals surface area contributed by atoms with Crippen molar-refractivity contribution in [2.75, 3.05) is 34.3 Å². The number of carbonyl (C=O) groups is 1. The van der Waals surface area contributed by atoms with E-state index in [-0.39, 0.29) is 36.4 Å². The number of nitrogens with zero attached hydrogens (tertiary/aromatic N) is 4. The van der Waals surface area contributed by atoms with E-state index < -0.39 is 0 Å². The summed E-state index contributed by atoms with van der Waals surface area (Å²) in [7, 11) is 6.96. The quantitative estimate of drug-likeness (QED) is 0.334. The summed E-state index contributed by atoms with van der Waals surface area (Å²) in [5, 5.41) is 10.8. The first-order valence-electron chi connectivity index (χ1n) is 8.61. The highest BCUT2D eigenvalue weighted by atomic mass is 127. The first-order chi connectivity index (χ1) is 11.8. The highest BCUT2D eigenvalue weighted by Crippen LogP contribution is 2.22. The topological polar surface area (TPSA) is 83.8 Å². The third-order valence-corrected chi connectivity index (χ3v) is 3.68. The molecular weight excluding hydrogens is 447 g/mol. The van der Waals surface area contributed by atoms with E-state index in [4.69, 9.17) is 4.74 Å². The Morgan fingerprint density at radius 2 is 2.00 bits per heavy atom. The molecule has 0 radical (unpaired) electrons. The van der Waals surface area contributed by atoms with Crippen LogP contribution in [0.1, 0.15) is 32.0 Å². The van der Waals surface area contributed by atoms with Gasteiger partial charge in [-0.05, 0) is 12.3 Å². The van der Waals surface area contributed by atoms with Crippen molar-refractivity contribution in [1.82, 2.24) is 25.3 Å². The summed E-state index contributed by atoms with van der Waals surface area (Å²) < 4.78 is 7.18. The molecule has 0 saturated carbocycles. The zero-order chi connectivity index (χ0) is 19.0. The van der Waals surface area contributed by atoms with Crippen LogP contribution in [-0.4, -0.2) is 60.8 Å². The maximum atomic E-state index is 11.8. The van der Waals surface area contributed by atoms with Gasteiger partial charge in [0.2, 0.25) is 11.8 Å². The van der Waals surface area contributed by atoms with E-state index in [1.807, 2.05) is 7.05 Å². The van der Waals surface area contributed by atoms with Gasteiger partial charge < -0.3 is 20.3 Å². The summed E-state index contributed by atoms with van der Waals surface area (Å²) in [4.78, 5) is 18.0. The number of aryl methyl sites for hydroxylation is 2. The van der Waals surface area contributed by atoms with Crippen molar-refractivity contribution >= 4 is 35.8 Å². The number of ether oxygens (including phenoxy) is 1. The average Bonchev–Trinajstić information content (AvgIpc) is 2.88. The molecule has 0 aliphatic heterocycles. The minimum Gasteiger partial charge on any atom is -0.481 e. The third kappa shape index (κ3) is 7.38. The number of aliphatic imine (C=N–C) groups is 1. The van der Waals surface area contributed by atoms with Gasteiger partial charge in [-0.1, -0.05) is 20.8 Å². The summed E-state index contributed by atoms with van der Waals surface area (Å²) in [5.74, 6) is 1.79. The van der Waals surface area contributed by atoms with Crippen molar-refractivity contribution in [3.05, 3.63) is 11.3 Å². The summed E-state index contributed by atoms with van der Waals surface area (Å²) in [6, 6.07) is 0. The Kier molecular flexibility index (Phi) is 11.3. The van der Waals surface area contributed by atoms with E-state index in [0.29, 0.717) is 24.3 Å². The molecule has 8 nitrogen and oxygen atoms in total. The van der Waals surface area contributed by atoms with Crippen LogP contribution < -0.4 is 15.4 Å². The van der Waals surface area contributed by atoms with Gasteiger partial charge in [0.15, 0.2) is 5.96 Å². The number of methoxy groups -OCH3 is 1. The molecule has 0 spiro atoms. The fraction of sp³-hybridized carbons (Fsp3) is 0.706. The Bertz CT molecular complexity index is 598. The molecular formula is C17H33IN6O2. The summed E-state index contributed by atoms with van der Waals surface area (Å²) in [6.45, 7) is 7.70. The summed E-state index contributed by atoms with van der Waals surface area (Å²) in [5.41, 5.74) is 1.94. The predicted molar refractivity (Wildman–Crippen MR) is 115 cm³/mol. The number of halogens is 1. The van der Waals surface area contributed by atoms with Crippen LogP contribution in [0.4, 0.5) is 0 Å². The van der Waals surface area contributed by atoms with E-state index in [1.54, 1.807) is 30.8 Å². The molecule has 1 amide bonds. The number of carbonyl (C=O) groups excluding carboxylic acids is 1. The van der Waals surface area contributed by atoms with Crippen LogP contribution in [0.15, 0.2) is 4.99 Å². The van der Waals surface area contributed by atoms with Crippen LogP contribution in [0, 0.1) is 5.92 Å². The second-order valence-electron chi connectivity index (χ2n) is 6.49. The molecule has 26 heavy (non-hydrogen) atoms. The lowest BCUT2D eigenvalue weighted by molar-refractivity contribution is -0.127. The van der Waals surface area contributed by atoms with Crippen molar-refractivity contribution in [3.8, 4) is 5.88 Å². The van der Waals surface area contributed by atoms with Crippen LogP contribution in [0.2, 0.25) is 0 Å². The Morgan fingerprint density at radius 1 is 1.35 bits per heavy atom. The van der Waals surface area contributed by atoms with Gasteiger partial charge >= 0.3 is 0 Å². The molecule has 9 heteroatoms. The number of rotatable bonds is 8. The summed E-state index contributed by atoms with van der Waals surface area (Å²) >= 11 is 0. The van der Waals surface area contributed by atoms with Crippen molar-refractivity contribution in [2.45, 2.75) is 33.7 Å². The maximum absolute atomic E-state index is 11.8. The number of nitrogens with one attached hydrogen (secondary N) is 2. The smallest absolute Gasteiger partial charge is 0.241 e. The molecule has 1 rings (SSSR count). The van der Waals surface area contributed by atoms with E-state index in [2.05, 4.69) is 41.5 Å². The van der Waals surface area contributed by atoms with Crippen LogP contribution in [0.3, 0.4) is 0 Å². The lowest BCUT2D eigenvalue weighted by Crippen LogP contribution is -2.44. The van der Waals surface area contributed by atoms with Gasteiger partial charge in [0, 0.05) is 27.7 Å². The second kappa shape index (κ2) is 12.0. The predicted octanol–water partition coefficient (Wildman–Crippen LogP) is 1.39. The Morgan fingerprint density at radius 3 is 2.50 bits per heavy atom. The minimum absolute atomic E-state index is 0. The SMILES string of the molecule is CCc1nn(C)c(OC)c1CN=C(NCC(=O)N(C)C)NCC(C)C.I. The van der Waals surface area contributed by atoms with E-state index >= 15 is 0 Å². The number of guanidine groups is 1. The van der Waals surface area contributed by atoms with Crippen molar-refractivity contribution < 1.29 is 9.53 Å². The molecule has 0 aliphatic rings. The number of amides is 1. The van der Waals surface area contributed by atoms with Gasteiger partial charge in [0.1, 0.15) is 0 Å². The zero-order valence-corrected chi connectivity index (χ0v) is 19.2. The highest BCUT2D eigenvalue weighted by Gasteiger charge is 2.15. The molecule has 0 aliphatic carbocycles. The van der Waals surface area contributed by atoms with Gasteiger partial charge in [-0.15, -0.1) is 24.0 Å². The molecule has 0 fully saturated rings. The molecule has 0 unspecified atom stereocenters. The first kappa shape index (κ1) is 24.5. The van der Waals surface area contributed by atoms with Crippen LogP contribution in [0.5, 0.6) is 5.88 Å². The zero-order valence-electron chi connectivity index (χ0n) is 16.9. The standard InChI is InChI=1S/C17H32N6O2.HI/c1-8-14-13(16(25-7)23(6)21-14)10-19-17(18-9-12(2)3)20-11-15(24)22(4)5;/h12H,8-11H2,1-7H3,(H2,18,19,20);1H. The number of hydrogen-bond acceptors (Lipinski definition) is 4. The number of hydrogen-bond donors (Lipinski definition) is 2. The monoisotopic (exact) mass is 480 g/mol. The minimum atomic E-state index is -0.00717. The molecule has 1 heterocycles. The lowest BCUT2D eigenvalue weighted by atomic mass is 10.2. The Balaban J connectivity index is 0.00000625. The third-order valence-electron chi connectivity index (χ3n) is 3.68. The van der Waals surface area contributed by atoms with Crippen LogP contribution >= 0.6 is 24.0 Å². The highest BCUT2D eigenvalue weighted by molar-refractivity contribution is 14.0. The molecule has 2 N–H and O–H groups in total. The molecule has 1 aromatic rings. The van der Waals surface area contributed by atoms with Crippen LogP contribution in [0.25, 0.3) is 0 Å². The second-order valence-corrected chi connectivity index (χ2v) is 6.49. The molecule has 0 atom stereocenters. The van der Waals surface area contributed by atoms with Gasteiger partial charge in [0.25, 0.3) is 0 Å². The molecule has 150 valence electrons. The van der Waals surface area contributed by atoms with Gasteiger partial charge in [-0.3, -0.25) is 4.79 Å². The molecule has 0 saturated heterocycles. The lowest BCUT2D eigenvalue weighted by Gasteiger charge is -2.16. The average molecular weight is 480 g/mol. The molecule has 0 aromatic carbocycles. The van der Waals surface area contributed by atoms with Gasteiger partial charge in [0.05, 0.1) is 31.5 Å². The number of aromatic nitrogens is 2. The van der Waals surface area contributed by atoms with Gasteiger partial charge in [-0.25, -0.2) is 9.67 Å². The molecule has 1 aromatic heterocycles. The van der Waals surface area contributed by atoms with E-state index in [0.717, 1.165) is 24.2 Å². The van der Waals surface area contributed by atoms with Gasteiger partial charge in [-0.2, -0.15) is 5.10 Å². The first-order valence-corrected chi connectivity index (χ1v) is 8.61. The van der Waals surface area contributed by atoms with Crippen molar-refractivity contribution in [1.29, 1.82) is 0 Å². The summed E-state index contributed by atoms with van der Waals surface area (Å²) in [6.07, 6.45) is 0.809. The number of likely N-dealkylation sites (N-methyl/N-ethyl adjacent to an activating group) is 1. The van der Waals surface area contributed by atoms with E-state index in [9.17, 15) is 4.79 Å². The fourth-order valence-corrected chi connectivity index (χ4v) is 2.25. The largest absolute Gasteiger partial charge is 0.481 e. The van der Waals surface area contributed by atoms with Crippen LogP contribution in [-0.2, 0) is 24.8 Å². The van der Waals surface area contributed by atoms with Crippen molar-refractivity contribution in [3.63, 3.8) is 0 Å². The Labute approximate surface area is 173 Å². The Hall–Kier alpha value is -1.52. The maximum Gasteiger partial charge on any atom is 0.241 e. The van der Waals surface area contributed by atoms with E-state index in [1.165, 1.54) is 0 Å². The molecule has 0 bridgehead atoms. The van der Waals surface area contributed by atoms with Crippen molar-refractivity contribution in [2.24, 2.45) is 18.0 Å². The normalized spacial score (nSPS) is 11.2.